The summed E-state index contributed by atoms with van der Waals surface area (Å²) < 4.78 is 5.20. The number of methoxy groups -OCH3 is 1. The first kappa shape index (κ1) is 21.7. The number of fused-ring (bicyclic) bond motifs is 1. The van der Waals surface area contributed by atoms with Gasteiger partial charge in [-0.3, -0.25) is 14.9 Å². The monoisotopic (exact) mass is 447 g/mol. The second-order valence-corrected chi connectivity index (χ2v) is 7.48. The van der Waals surface area contributed by atoms with Gasteiger partial charge >= 0.3 is 6.03 Å². The molecule has 4 rings (SSSR count). The minimum absolute atomic E-state index is 0.112. The lowest BCUT2D eigenvalue weighted by Gasteiger charge is -2.26. The molecule has 0 aliphatic carbocycles. The van der Waals surface area contributed by atoms with Gasteiger partial charge in [0.05, 0.1) is 13.7 Å². The first-order valence-electron chi connectivity index (χ1n) is 9.95. The van der Waals surface area contributed by atoms with Crippen LogP contribution in [0.2, 0.25) is 0 Å². The molecule has 1 fully saturated rings. The van der Waals surface area contributed by atoms with Gasteiger partial charge in [-0.2, -0.15) is 0 Å². The van der Waals surface area contributed by atoms with Gasteiger partial charge in [-0.05, 0) is 42.0 Å². The Morgan fingerprint density at radius 3 is 2.58 bits per heavy atom. The summed E-state index contributed by atoms with van der Waals surface area (Å²) in [7, 11) is 2.92. The molecule has 2 aromatic rings. The van der Waals surface area contributed by atoms with Crippen molar-refractivity contribution in [2.24, 2.45) is 10.9 Å². The fourth-order valence-corrected chi connectivity index (χ4v) is 3.67. The first-order valence-corrected chi connectivity index (χ1v) is 9.95. The minimum Gasteiger partial charge on any atom is -0.497 e. The molecule has 4 amide bonds. The van der Waals surface area contributed by atoms with Crippen LogP contribution in [0.4, 0.5) is 4.79 Å². The van der Waals surface area contributed by atoms with Crippen molar-refractivity contribution in [1.82, 2.24) is 15.5 Å². The van der Waals surface area contributed by atoms with Gasteiger partial charge in [0.2, 0.25) is 5.54 Å². The summed E-state index contributed by atoms with van der Waals surface area (Å²) in [6, 6.07) is 11.4. The fourth-order valence-electron chi connectivity index (χ4n) is 3.67. The van der Waals surface area contributed by atoms with Crippen LogP contribution in [-0.2, 0) is 16.2 Å². The number of nitrogens with two attached hydrogens (primary N) is 1. The predicted octanol–water partition coefficient (Wildman–Crippen LogP) is 0.548. The number of nitrogens with one attached hydrogen (secondary N) is 2. The summed E-state index contributed by atoms with van der Waals surface area (Å²) in [5, 5.41) is 8.47. The Kier molecular flexibility index (Phi) is 5.62. The molecule has 2 heterocycles. The molecule has 2 aliphatic rings. The van der Waals surface area contributed by atoms with Gasteiger partial charge in [0.1, 0.15) is 12.9 Å². The molecule has 1 saturated heterocycles. The molecule has 33 heavy (non-hydrogen) atoms. The fraction of sp³-hybridized carbons (Fsp3) is 0.217. The van der Waals surface area contributed by atoms with Crippen molar-refractivity contribution >= 4 is 23.7 Å². The smallest absolute Gasteiger partial charge is 0.323 e. The van der Waals surface area contributed by atoms with Gasteiger partial charge in [-0.15, -0.1) is 0 Å². The number of nitrogens with zero attached hydrogens (tertiary/aromatic N) is 2. The van der Waals surface area contributed by atoms with E-state index in [1.54, 1.807) is 42.5 Å². The third-order valence-electron chi connectivity index (χ3n) is 5.36. The molecule has 0 bridgehead atoms. The van der Waals surface area contributed by atoms with E-state index >= 15 is 0 Å². The second-order valence-electron chi connectivity index (χ2n) is 7.48. The van der Waals surface area contributed by atoms with Gasteiger partial charge in [0.15, 0.2) is 5.84 Å². The Morgan fingerprint density at radius 2 is 1.94 bits per heavy atom. The van der Waals surface area contributed by atoms with E-state index in [0.717, 1.165) is 5.56 Å². The number of ether oxygens (including phenoxy) is 1. The third kappa shape index (κ3) is 4.16. The van der Waals surface area contributed by atoms with Crippen LogP contribution in [0.5, 0.6) is 5.75 Å². The highest BCUT2D eigenvalue weighted by molar-refractivity contribution is 6.10. The molecule has 1 atom stereocenters. The number of carbonyl (C=O) groups is 3. The second kappa shape index (κ2) is 8.55. The number of urea groups is 1. The lowest BCUT2D eigenvalue weighted by molar-refractivity contribution is -0.122. The summed E-state index contributed by atoms with van der Waals surface area (Å²) in [4.78, 5) is 43.8. The van der Waals surface area contributed by atoms with Gasteiger partial charge in [-0.1, -0.05) is 23.1 Å². The molecule has 2 aliphatic heterocycles. The van der Waals surface area contributed by atoms with Gasteiger partial charge in [0, 0.05) is 23.2 Å². The molecule has 10 heteroatoms. The van der Waals surface area contributed by atoms with Crippen LogP contribution in [0.15, 0.2) is 47.6 Å². The SMILES string of the molecule is CON=C(N)c1ccc(C#C[C@@]2(CN3Cc4ccc(OC)cc4C3=O)NC(=O)NC2=O)cc1. The number of amidine groups is 1. The molecule has 168 valence electrons. The number of hydrogen-bond acceptors (Lipinski definition) is 6. The predicted molar refractivity (Wildman–Crippen MR) is 118 cm³/mol. The molecule has 4 N–H and O–H groups in total. The Labute approximate surface area is 189 Å². The Bertz CT molecular complexity index is 1230. The number of amides is 4. The maximum absolute atomic E-state index is 13.0. The minimum atomic E-state index is -1.59. The zero-order chi connectivity index (χ0) is 23.6. The summed E-state index contributed by atoms with van der Waals surface area (Å²) >= 11 is 0. The van der Waals surface area contributed by atoms with Crippen molar-refractivity contribution in [2.45, 2.75) is 12.1 Å². The van der Waals surface area contributed by atoms with E-state index in [0.29, 0.717) is 22.4 Å². The zero-order valence-electron chi connectivity index (χ0n) is 18.0. The number of imide groups is 1. The maximum atomic E-state index is 13.0. The summed E-state index contributed by atoms with van der Waals surface area (Å²) in [6.07, 6.45) is 0. The molecule has 0 spiro atoms. The largest absolute Gasteiger partial charge is 0.497 e. The Hall–Kier alpha value is -4.52. The van der Waals surface area contributed by atoms with Crippen LogP contribution in [0.1, 0.15) is 27.0 Å². The first-order chi connectivity index (χ1) is 15.8. The highest BCUT2D eigenvalue weighted by atomic mass is 16.6. The number of benzene rings is 2. The molecular weight excluding hydrogens is 426 g/mol. The third-order valence-corrected chi connectivity index (χ3v) is 5.36. The Balaban J connectivity index is 1.60. The molecule has 0 radical (unpaired) electrons. The van der Waals surface area contributed by atoms with Gasteiger partial charge < -0.3 is 25.5 Å². The molecule has 0 unspecified atom stereocenters. The van der Waals surface area contributed by atoms with E-state index in [9.17, 15) is 14.4 Å². The summed E-state index contributed by atoms with van der Waals surface area (Å²) in [6.45, 7) is 0.177. The molecule has 10 nitrogen and oxygen atoms in total. The van der Waals surface area contributed by atoms with Crippen molar-refractivity contribution < 1.29 is 24.0 Å². The summed E-state index contributed by atoms with van der Waals surface area (Å²) in [5.74, 6) is 5.66. The van der Waals surface area contributed by atoms with Gasteiger partial charge in [0.25, 0.3) is 11.8 Å². The lowest BCUT2D eigenvalue weighted by Crippen LogP contribution is -2.54. The molecular formula is C23H21N5O5. The van der Waals surface area contributed by atoms with E-state index in [1.807, 2.05) is 0 Å². The van der Waals surface area contributed by atoms with Crippen LogP contribution in [0, 0.1) is 11.8 Å². The van der Waals surface area contributed by atoms with Gasteiger partial charge in [-0.25, -0.2) is 4.79 Å². The van der Waals surface area contributed by atoms with Crippen LogP contribution in [0.25, 0.3) is 0 Å². The molecule has 2 aromatic carbocycles. The van der Waals surface area contributed by atoms with Crippen LogP contribution >= 0.6 is 0 Å². The van der Waals surface area contributed by atoms with E-state index in [1.165, 1.54) is 19.1 Å². The van der Waals surface area contributed by atoms with Crippen LogP contribution in [0.3, 0.4) is 0 Å². The van der Waals surface area contributed by atoms with E-state index < -0.39 is 17.5 Å². The number of rotatable bonds is 5. The average Bonchev–Trinajstić information content (AvgIpc) is 3.27. The molecule has 0 aromatic heterocycles. The zero-order valence-corrected chi connectivity index (χ0v) is 18.0. The number of hydrogen-bond donors (Lipinski definition) is 3. The van der Waals surface area contributed by atoms with Crippen molar-refractivity contribution in [2.75, 3.05) is 20.8 Å². The quantitative estimate of drug-likeness (QED) is 0.201. The molecule has 0 saturated carbocycles. The Morgan fingerprint density at radius 1 is 1.18 bits per heavy atom. The van der Waals surface area contributed by atoms with Crippen molar-refractivity contribution in [3.63, 3.8) is 0 Å². The van der Waals surface area contributed by atoms with Crippen molar-refractivity contribution in [3.8, 4) is 17.6 Å². The van der Waals surface area contributed by atoms with E-state index in [2.05, 4.69) is 32.5 Å². The van der Waals surface area contributed by atoms with Crippen LogP contribution < -0.4 is 21.1 Å². The highest BCUT2D eigenvalue weighted by Crippen LogP contribution is 2.28. The maximum Gasteiger partial charge on any atom is 0.323 e. The van der Waals surface area contributed by atoms with Crippen molar-refractivity contribution in [3.05, 3.63) is 64.7 Å². The summed E-state index contributed by atoms with van der Waals surface area (Å²) in [5.41, 5.74) is 6.72. The lowest BCUT2D eigenvalue weighted by atomic mass is 9.99. The van der Waals surface area contributed by atoms with E-state index in [-0.39, 0.29) is 24.8 Å². The normalized spacial score (nSPS) is 19.4. The van der Waals surface area contributed by atoms with E-state index in [4.69, 9.17) is 10.5 Å². The topological polar surface area (TPSA) is 135 Å². The van der Waals surface area contributed by atoms with Crippen LogP contribution in [-0.4, -0.2) is 54.9 Å². The number of carbonyl (C=O) groups excluding carboxylic acids is 3. The standard InChI is InChI=1S/C23H21N5O5/c1-32-17-8-7-16-12-28(20(29)18(16)11-17)13-23(21(30)25-22(31)26-23)10-9-14-3-5-15(6-4-14)19(24)27-33-2/h3-8,11H,12-13H2,1-2H3,(H2,24,27)(H2,25,26,30,31)/t23-/m0/s1. The van der Waals surface area contributed by atoms with Crippen molar-refractivity contribution in [1.29, 1.82) is 0 Å². The average molecular weight is 447 g/mol. The highest BCUT2D eigenvalue weighted by Gasteiger charge is 2.48. The number of oxime groups is 1.